The monoisotopic (exact) mass is 699 g/mol. The standard InChI is InChI=1S/C38H60F3NO7/c1-7-8-9-10-11-12-13-14-15-16-17-18-19-20-24-27-31(36(33(44)46-5)28-48-32(35(2,3)4)42(36)29-43)49-34(45)37(47-6,38(39,40)41)30-25-22-21-23-26-30/h21-23,25-26,29,31-32H,7-20,24,27-28H2,1-6H3/t31-,32+,36+,37+/m1/s1. The molecule has 1 aromatic carbocycles. The average molecular weight is 700 g/mol. The molecule has 1 fully saturated rings. The second-order valence-corrected chi connectivity index (χ2v) is 14.3. The molecule has 0 unspecified atom stereocenters. The highest BCUT2D eigenvalue weighted by Crippen LogP contribution is 2.46. The zero-order valence-corrected chi connectivity index (χ0v) is 30.6. The first-order chi connectivity index (χ1) is 23.3. The van der Waals surface area contributed by atoms with Gasteiger partial charge in [-0.25, -0.2) is 9.59 Å². The Morgan fingerprint density at radius 2 is 1.37 bits per heavy atom. The Balaban J connectivity index is 2.20. The summed E-state index contributed by atoms with van der Waals surface area (Å²) in [5.74, 6) is -2.69. The number of alkyl halides is 3. The molecule has 1 amide bonds. The molecule has 0 aromatic heterocycles. The Bertz CT molecular complexity index is 1130. The lowest BCUT2D eigenvalue weighted by atomic mass is 9.85. The van der Waals surface area contributed by atoms with Gasteiger partial charge in [-0.1, -0.05) is 148 Å². The summed E-state index contributed by atoms with van der Waals surface area (Å²) in [5, 5.41) is 0. The van der Waals surface area contributed by atoms with Gasteiger partial charge in [-0.15, -0.1) is 0 Å². The molecule has 0 saturated carbocycles. The normalized spacial score (nSPS) is 20.1. The highest BCUT2D eigenvalue weighted by molar-refractivity contribution is 5.87. The summed E-state index contributed by atoms with van der Waals surface area (Å²) in [6.07, 6.45) is 9.53. The van der Waals surface area contributed by atoms with Crippen LogP contribution in [0.3, 0.4) is 0 Å². The van der Waals surface area contributed by atoms with Gasteiger partial charge >= 0.3 is 18.1 Å². The minimum absolute atomic E-state index is 0.00387. The van der Waals surface area contributed by atoms with Crippen LogP contribution in [0, 0.1) is 5.41 Å². The molecule has 1 heterocycles. The van der Waals surface area contributed by atoms with E-state index in [-0.39, 0.29) is 6.42 Å². The summed E-state index contributed by atoms with van der Waals surface area (Å²) in [6, 6.07) is 6.49. The number of halogens is 3. The second kappa shape index (κ2) is 20.3. The van der Waals surface area contributed by atoms with Gasteiger partial charge < -0.3 is 18.9 Å². The SMILES string of the molecule is CCCCCCCCCCCCCCCCC[C@@H](OC(=O)[C@@](OC)(c1ccccc1)C(F)(F)F)[C@]1(C(=O)OC)CO[C@@H](C(C)(C)C)N1C=O. The van der Waals surface area contributed by atoms with Crippen LogP contribution in [-0.4, -0.2) is 68.1 Å². The second-order valence-electron chi connectivity index (χ2n) is 14.3. The van der Waals surface area contributed by atoms with Crippen LogP contribution >= 0.6 is 0 Å². The van der Waals surface area contributed by atoms with Crippen molar-refractivity contribution >= 4 is 18.3 Å². The summed E-state index contributed by atoms with van der Waals surface area (Å²) < 4.78 is 66.2. The molecule has 0 N–H and O–H groups in total. The Kier molecular flexibility index (Phi) is 17.6. The third-order valence-electron chi connectivity index (χ3n) is 9.59. The number of rotatable bonds is 23. The molecule has 0 bridgehead atoms. The van der Waals surface area contributed by atoms with Crippen molar-refractivity contribution in [3.8, 4) is 0 Å². The summed E-state index contributed by atoms with van der Waals surface area (Å²) in [7, 11) is 1.90. The Labute approximate surface area is 291 Å². The fraction of sp³-hybridized carbons (Fsp3) is 0.763. The lowest BCUT2D eigenvalue weighted by Crippen LogP contribution is -2.65. The van der Waals surface area contributed by atoms with Crippen molar-refractivity contribution in [2.24, 2.45) is 5.41 Å². The van der Waals surface area contributed by atoms with Crippen molar-refractivity contribution in [3.05, 3.63) is 35.9 Å². The zero-order valence-electron chi connectivity index (χ0n) is 30.6. The molecule has 0 aliphatic carbocycles. The van der Waals surface area contributed by atoms with Crippen molar-refractivity contribution in [2.75, 3.05) is 20.8 Å². The smallest absolute Gasteiger partial charge is 0.432 e. The first-order valence-corrected chi connectivity index (χ1v) is 18.1. The van der Waals surface area contributed by atoms with E-state index in [1.54, 1.807) is 20.8 Å². The maximum absolute atomic E-state index is 14.8. The molecule has 280 valence electrons. The van der Waals surface area contributed by atoms with Gasteiger partial charge in [-0.2, -0.15) is 13.2 Å². The number of nitrogens with zero attached hydrogens (tertiary/aromatic N) is 1. The van der Waals surface area contributed by atoms with Gasteiger partial charge in [0.1, 0.15) is 12.3 Å². The minimum Gasteiger partial charge on any atom is -0.467 e. The number of hydrogen-bond acceptors (Lipinski definition) is 7. The largest absolute Gasteiger partial charge is 0.467 e. The van der Waals surface area contributed by atoms with E-state index in [0.29, 0.717) is 19.3 Å². The Morgan fingerprint density at radius 1 is 0.878 bits per heavy atom. The molecular weight excluding hydrogens is 639 g/mol. The number of benzene rings is 1. The fourth-order valence-corrected chi connectivity index (χ4v) is 6.81. The molecule has 11 heteroatoms. The van der Waals surface area contributed by atoms with Crippen LogP contribution in [0.15, 0.2) is 30.3 Å². The van der Waals surface area contributed by atoms with Crippen molar-refractivity contribution in [2.45, 2.75) is 160 Å². The maximum atomic E-state index is 14.8. The minimum atomic E-state index is -5.22. The Hall–Kier alpha value is -2.66. The molecule has 1 aromatic rings. The van der Waals surface area contributed by atoms with E-state index < -0.39 is 59.2 Å². The molecule has 1 saturated heterocycles. The van der Waals surface area contributed by atoms with Gasteiger partial charge in [-0.05, 0) is 12.8 Å². The average Bonchev–Trinajstić information content (AvgIpc) is 3.47. The lowest BCUT2D eigenvalue weighted by Gasteiger charge is -2.43. The molecule has 0 radical (unpaired) electrons. The van der Waals surface area contributed by atoms with Gasteiger partial charge in [0.25, 0.3) is 5.60 Å². The van der Waals surface area contributed by atoms with Crippen LogP contribution in [0.1, 0.15) is 136 Å². The van der Waals surface area contributed by atoms with E-state index in [0.717, 1.165) is 56.9 Å². The van der Waals surface area contributed by atoms with E-state index >= 15 is 0 Å². The highest BCUT2D eigenvalue weighted by atomic mass is 19.4. The highest BCUT2D eigenvalue weighted by Gasteiger charge is 2.67. The molecular formula is C38H60F3NO7. The van der Waals surface area contributed by atoms with Crippen molar-refractivity contribution in [1.29, 1.82) is 0 Å². The summed E-state index contributed by atoms with van der Waals surface area (Å²) >= 11 is 0. The first kappa shape index (κ1) is 42.5. The first-order valence-electron chi connectivity index (χ1n) is 18.1. The predicted octanol–water partition coefficient (Wildman–Crippen LogP) is 9.04. The number of carbonyl (C=O) groups is 3. The number of unbranched alkanes of at least 4 members (excludes halogenated alkanes) is 14. The third kappa shape index (κ3) is 10.9. The molecule has 1 aliphatic heterocycles. The third-order valence-corrected chi connectivity index (χ3v) is 9.59. The summed E-state index contributed by atoms with van der Waals surface area (Å²) in [6.45, 7) is 7.20. The topological polar surface area (TPSA) is 91.4 Å². The molecule has 2 rings (SSSR count). The Morgan fingerprint density at radius 3 is 1.78 bits per heavy atom. The van der Waals surface area contributed by atoms with Crippen LogP contribution in [0.5, 0.6) is 0 Å². The summed E-state index contributed by atoms with van der Waals surface area (Å²) in [5.41, 5.74) is -6.66. The number of hydrogen-bond donors (Lipinski definition) is 0. The summed E-state index contributed by atoms with van der Waals surface area (Å²) in [4.78, 5) is 41.2. The molecule has 0 spiro atoms. The van der Waals surface area contributed by atoms with Gasteiger partial charge in [0, 0.05) is 18.1 Å². The number of esters is 2. The number of amides is 1. The number of ether oxygens (including phenoxy) is 4. The van der Waals surface area contributed by atoms with Crippen LogP contribution in [0.4, 0.5) is 13.2 Å². The molecule has 4 atom stereocenters. The van der Waals surface area contributed by atoms with Gasteiger partial charge in [-0.3, -0.25) is 9.69 Å². The number of carbonyl (C=O) groups excluding carboxylic acids is 3. The van der Waals surface area contributed by atoms with Gasteiger partial charge in [0.15, 0.2) is 0 Å². The van der Waals surface area contributed by atoms with E-state index in [1.165, 1.54) is 76.0 Å². The van der Waals surface area contributed by atoms with Gasteiger partial charge in [0.2, 0.25) is 11.9 Å². The van der Waals surface area contributed by atoms with E-state index in [9.17, 15) is 27.6 Å². The van der Waals surface area contributed by atoms with E-state index in [2.05, 4.69) is 6.92 Å². The quantitative estimate of drug-likeness (QED) is 0.0640. The lowest BCUT2D eigenvalue weighted by molar-refractivity contribution is -0.280. The number of methoxy groups -OCH3 is 2. The van der Waals surface area contributed by atoms with Crippen molar-refractivity contribution in [1.82, 2.24) is 4.90 Å². The van der Waals surface area contributed by atoms with Gasteiger partial charge in [0.05, 0.1) is 13.7 Å². The van der Waals surface area contributed by atoms with Crippen molar-refractivity contribution < 1.29 is 46.5 Å². The van der Waals surface area contributed by atoms with E-state index in [4.69, 9.17) is 18.9 Å². The van der Waals surface area contributed by atoms with Crippen LogP contribution < -0.4 is 0 Å². The fourth-order valence-electron chi connectivity index (χ4n) is 6.81. The molecule has 8 nitrogen and oxygen atoms in total. The molecule has 49 heavy (non-hydrogen) atoms. The maximum Gasteiger partial charge on any atom is 0.432 e. The predicted molar refractivity (Wildman–Crippen MR) is 182 cm³/mol. The van der Waals surface area contributed by atoms with Crippen molar-refractivity contribution in [3.63, 3.8) is 0 Å². The molecule has 1 aliphatic rings. The van der Waals surface area contributed by atoms with Crippen LogP contribution in [-0.2, 0) is 38.9 Å². The van der Waals surface area contributed by atoms with Crippen LogP contribution in [0.25, 0.3) is 0 Å². The van der Waals surface area contributed by atoms with Crippen LogP contribution in [0.2, 0.25) is 0 Å². The zero-order chi connectivity index (χ0) is 36.6. The van der Waals surface area contributed by atoms with E-state index in [1.807, 2.05) is 0 Å².